The first-order valence-corrected chi connectivity index (χ1v) is 20.0. The molecule has 2 aromatic heterocycles. The molecule has 8 aromatic carbocycles. The van der Waals surface area contributed by atoms with Crippen molar-refractivity contribution in [1.29, 1.82) is 0 Å². The highest BCUT2D eigenvalue weighted by Crippen LogP contribution is 2.59. The average molecular weight is 759 g/mol. The number of hydrogen-bond acceptors (Lipinski definition) is 5. The molecule has 5 heteroatoms. The van der Waals surface area contributed by atoms with Crippen molar-refractivity contribution in [2.45, 2.75) is 19.3 Å². The Balaban J connectivity index is 1.14. The highest BCUT2D eigenvalue weighted by molar-refractivity contribution is 6.07. The minimum Gasteiger partial charge on any atom is -0.456 e. The van der Waals surface area contributed by atoms with E-state index in [1.54, 1.807) is 0 Å². The molecule has 0 fully saturated rings. The van der Waals surface area contributed by atoms with Crippen molar-refractivity contribution in [3.8, 4) is 34.2 Å². The molecule has 0 amide bonds. The highest BCUT2D eigenvalue weighted by atomic mass is 16.3. The molecule has 3 heterocycles. The van der Waals surface area contributed by atoms with Crippen molar-refractivity contribution in [1.82, 2.24) is 15.0 Å². The number of furan rings is 1. The van der Waals surface area contributed by atoms with Crippen LogP contribution in [0.2, 0.25) is 0 Å². The SMILES string of the molecule is Cc1cc(N2c3ccccc3C(c3ccccc3)(c3cccc4c3oc3ccccc34)c3ccccc32)cc(C)c1-c1nc(-c2ccccc2)nc(-c2ccccc2)n1. The van der Waals surface area contributed by atoms with Crippen molar-refractivity contribution < 1.29 is 4.42 Å². The Kier molecular flexibility index (Phi) is 8.09. The van der Waals surface area contributed by atoms with Gasteiger partial charge in [-0.2, -0.15) is 0 Å². The molecule has 11 rings (SSSR count). The Morgan fingerprint density at radius 3 is 1.53 bits per heavy atom. The average Bonchev–Trinajstić information content (AvgIpc) is 3.68. The van der Waals surface area contributed by atoms with Gasteiger partial charge in [-0.05, 0) is 72.0 Å². The maximum Gasteiger partial charge on any atom is 0.164 e. The lowest BCUT2D eigenvalue weighted by atomic mass is 9.62. The van der Waals surface area contributed by atoms with Crippen molar-refractivity contribution in [3.63, 3.8) is 0 Å². The molecule has 0 aliphatic carbocycles. The van der Waals surface area contributed by atoms with E-state index in [1.165, 1.54) is 16.7 Å². The Morgan fingerprint density at radius 1 is 0.441 bits per heavy atom. The van der Waals surface area contributed by atoms with Gasteiger partial charge in [0.15, 0.2) is 17.5 Å². The van der Waals surface area contributed by atoms with Crippen molar-refractivity contribution in [3.05, 3.63) is 228 Å². The fourth-order valence-electron chi connectivity index (χ4n) is 9.35. The second-order valence-corrected chi connectivity index (χ2v) is 15.3. The van der Waals surface area contributed by atoms with Crippen LogP contribution >= 0.6 is 0 Å². The number of aryl methyl sites for hydroxylation is 2. The van der Waals surface area contributed by atoms with Crippen LogP contribution < -0.4 is 4.90 Å². The lowest BCUT2D eigenvalue weighted by Gasteiger charge is -2.46. The first kappa shape index (κ1) is 34.6. The molecule has 0 N–H and O–H groups in total. The number of nitrogens with zero attached hydrogens (tertiary/aromatic N) is 4. The van der Waals surface area contributed by atoms with Crippen LogP contribution in [0.15, 0.2) is 199 Å². The standard InChI is InChI=1S/C54H38N4O/c1-35-33-40(34-36(2)49(35)53-56-51(37-19-6-3-7-20-37)55-52(57-53)38-21-8-4-9-22-38)58-46-30-15-13-27-43(46)54(39-23-10-5-11-24-39,44-28-14-16-31-47(44)58)45-29-18-26-42-41-25-12-17-32-48(41)59-50(42)45/h3-34H,1-2H3. The van der Waals surface area contributed by atoms with E-state index in [1.807, 2.05) is 66.7 Å². The first-order valence-electron chi connectivity index (χ1n) is 20.0. The van der Waals surface area contributed by atoms with Gasteiger partial charge in [-0.25, -0.2) is 15.0 Å². The second-order valence-electron chi connectivity index (χ2n) is 15.3. The summed E-state index contributed by atoms with van der Waals surface area (Å²) in [6.45, 7) is 4.33. The van der Waals surface area contributed by atoms with E-state index in [4.69, 9.17) is 19.4 Å². The van der Waals surface area contributed by atoms with E-state index in [2.05, 4.69) is 146 Å². The summed E-state index contributed by atoms with van der Waals surface area (Å²) in [4.78, 5) is 17.6. The molecule has 10 aromatic rings. The Hall–Kier alpha value is -7.63. The van der Waals surface area contributed by atoms with Gasteiger partial charge in [-0.1, -0.05) is 164 Å². The van der Waals surface area contributed by atoms with Gasteiger partial charge in [-0.3, -0.25) is 0 Å². The van der Waals surface area contributed by atoms with E-state index in [0.717, 1.165) is 72.4 Å². The van der Waals surface area contributed by atoms with Crippen LogP contribution in [0, 0.1) is 13.8 Å². The lowest BCUT2D eigenvalue weighted by molar-refractivity contribution is 0.643. The quantitative estimate of drug-likeness (QED) is 0.169. The number of benzene rings is 8. The summed E-state index contributed by atoms with van der Waals surface area (Å²) in [5, 5.41) is 2.22. The lowest BCUT2D eigenvalue weighted by Crippen LogP contribution is -2.37. The van der Waals surface area contributed by atoms with Crippen LogP contribution in [-0.4, -0.2) is 15.0 Å². The second kappa shape index (κ2) is 13.8. The molecule has 5 nitrogen and oxygen atoms in total. The predicted molar refractivity (Wildman–Crippen MR) is 239 cm³/mol. The molecule has 280 valence electrons. The number of hydrogen-bond donors (Lipinski definition) is 0. The molecule has 0 radical (unpaired) electrons. The molecular weight excluding hydrogens is 721 g/mol. The Morgan fingerprint density at radius 2 is 0.915 bits per heavy atom. The molecule has 59 heavy (non-hydrogen) atoms. The van der Waals surface area contributed by atoms with Gasteiger partial charge in [0.05, 0.1) is 16.8 Å². The minimum atomic E-state index is -0.699. The summed E-state index contributed by atoms with van der Waals surface area (Å²) in [5.74, 6) is 1.95. The third-order valence-electron chi connectivity index (χ3n) is 11.8. The summed E-state index contributed by atoms with van der Waals surface area (Å²) in [7, 11) is 0. The number of rotatable bonds is 6. The van der Waals surface area contributed by atoms with Crippen LogP contribution in [0.5, 0.6) is 0 Å². The van der Waals surface area contributed by atoms with Crippen LogP contribution in [-0.2, 0) is 5.41 Å². The van der Waals surface area contributed by atoms with E-state index in [-0.39, 0.29) is 0 Å². The van der Waals surface area contributed by atoms with Crippen LogP contribution in [0.3, 0.4) is 0 Å². The molecule has 1 aliphatic rings. The normalized spacial score (nSPS) is 13.0. The zero-order valence-electron chi connectivity index (χ0n) is 32.7. The van der Waals surface area contributed by atoms with Gasteiger partial charge in [0.2, 0.25) is 0 Å². The molecule has 0 spiro atoms. The maximum atomic E-state index is 6.85. The molecule has 0 unspecified atom stereocenters. The van der Waals surface area contributed by atoms with Gasteiger partial charge in [0.25, 0.3) is 0 Å². The van der Waals surface area contributed by atoms with Crippen molar-refractivity contribution in [2.24, 2.45) is 0 Å². The fraction of sp³-hybridized carbons (Fsp3) is 0.0556. The molecule has 0 atom stereocenters. The Bertz CT molecular complexity index is 3060. The summed E-state index contributed by atoms with van der Waals surface area (Å²) in [5.41, 5.74) is 14.0. The number of para-hydroxylation sites is 4. The van der Waals surface area contributed by atoms with Gasteiger partial charge in [0.1, 0.15) is 11.2 Å². The number of aromatic nitrogens is 3. The van der Waals surface area contributed by atoms with Gasteiger partial charge in [-0.15, -0.1) is 0 Å². The summed E-state index contributed by atoms with van der Waals surface area (Å²) in [6, 6.07) is 68.4. The van der Waals surface area contributed by atoms with Crippen molar-refractivity contribution in [2.75, 3.05) is 4.90 Å². The fourth-order valence-corrected chi connectivity index (χ4v) is 9.35. The molecular formula is C54H38N4O. The third kappa shape index (κ3) is 5.43. The predicted octanol–water partition coefficient (Wildman–Crippen LogP) is 13.6. The zero-order chi connectivity index (χ0) is 39.5. The van der Waals surface area contributed by atoms with Gasteiger partial charge < -0.3 is 9.32 Å². The largest absolute Gasteiger partial charge is 0.456 e. The topological polar surface area (TPSA) is 55.1 Å². The summed E-state index contributed by atoms with van der Waals surface area (Å²) in [6.07, 6.45) is 0. The maximum absolute atomic E-state index is 6.85. The minimum absolute atomic E-state index is 0.646. The van der Waals surface area contributed by atoms with E-state index < -0.39 is 5.41 Å². The monoisotopic (exact) mass is 758 g/mol. The molecule has 0 saturated heterocycles. The molecule has 1 aliphatic heterocycles. The van der Waals surface area contributed by atoms with Gasteiger partial charge >= 0.3 is 0 Å². The third-order valence-corrected chi connectivity index (χ3v) is 11.8. The van der Waals surface area contributed by atoms with E-state index >= 15 is 0 Å². The van der Waals surface area contributed by atoms with Crippen LogP contribution in [0.25, 0.3) is 56.1 Å². The van der Waals surface area contributed by atoms with E-state index in [0.29, 0.717) is 17.5 Å². The van der Waals surface area contributed by atoms with E-state index in [9.17, 15) is 0 Å². The number of fused-ring (bicyclic) bond motifs is 5. The molecule has 0 bridgehead atoms. The van der Waals surface area contributed by atoms with Crippen LogP contribution in [0.4, 0.5) is 17.1 Å². The highest BCUT2D eigenvalue weighted by Gasteiger charge is 2.48. The summed E-state index contributed by atoms with van der Waals surface area (Å²) >= 11 is 0. The van der Waals surface area contributed by atoms with Gasteiger partial charge in [0, 0.05) is 38.7 Å². The smallest absolute Gasteiger partial charge is 0.164 e. The van der Waals surface area contributed by atoms with Crippen molar-refractivity contribution >= 4 is 39.0 Å². The molecule has 0 saturated carbocycles. The van der Waals surface area contributed by atoms with Crippen LogP contribution in [0.1, 0.15) is 33.4 Å². The Labute approximate surface area is 342 Å². The number of anilines is 3. The first-order chi connectivity index (χ1) is 29.1. The zero-order valence-corrected chi connectivity index (χ0v) is 32.7. The summed E-state index contributed by atoms with van der Waals surface area (Å²) < 4.78 is 6.85.